The van der Waals surface area contributed by atoms with Crippen molar-refractivity contribution in [1.29, 1.82) is 0 Å². The maximum absolute atomic E-state index is 11.7. The molecule has 102 valence electrons. The maximum Gasteiger partial charge on any atom is 0.329 e. The van der Waals surface area contributed by atoms with Crippen LogP contribution in [-0.2, 0) is 9.59 Å². The van der Waals surface area contributed by atoms with Gasteiger partial charge in [-0.3, -0.25) is 4.79 Å². The molecular weight excluding hydrogens is 232 g/mol. The summed E-state index contributed by atoms with van der Waals surface area (Å²) in [5.41, 5.74) is -0.965. The van der Waals surface area contributed by atoms with Crippen LogP contribution in [0.1, 0.15) is 39.0 Å². The molecule has 0 radical (unpaired) electrons. The van der Waals surface area contributed by atoms with E-state index in [1.165, 1.54) is 0 Å². The third kappa shape index (κ3) is 2.36. The van der Waals surface area contributed by atoms with E-state index in [1.807, 2.05) is 0 Å². The van der Waals surface area contributed by atoms with Crippen molar-refractivity contribution in [2.75, 3.05) is 19.6 Å². The lowest BCUT2D eigenvalue weighted by atomic mass is 9.88. The first-order chi connectivity index (χ1) is 8.64. The summed E-state index contributed by atoms with van der Waals surface area (Å²) in [5, 5.41) is 9.63. The fraction of sp³-hybridized carbons (Fsp3) is 0.846. The second-order valence-corrected chi connectivity index (χ2v) is 5.37. The first kappa shape index (κ1) is 13.3. The fourth-order valence-corrected chi connectivity index (χ4v) is 2.96. The van der Waals surface area contributed by atoms with E-state index in [9.17, 15) is 14.7 Å². The SMILES string of the molecule is CCN1CCCC(C(=O)O)(N(C=O)C2CC2)CC1. The molecule has 0 bridgehead atoms. The highest BCUT2D eigenvalue weighted by Gasteiger charge is 2.49. The van der Waals surface area contributed by atoms with E-state index in [1.54, 1.807) is 4.90 Å². The Balaban J connectivity index is 2.20. The van der Waals surface area contributed by atoms with Crippen LogP contribution in [0.15, 0.2) is 0 Å². The van der Waals surface area contributed by atoms with E-state index < -0.39 is 11.5 Å². The lowest BCUT2D eigenvalue weighted by Gasteiger charge is -2.38. The molecule has 1 N–H and O–H groups in total. The molecule has 0 aromatic heterocycles. The number of likely N-dealkylation sites (tertiary alicyclic amines) is 1. The molecule has 0 aromatic rings. The number of nitrogens with zero attached hydrogens (tertiary/aromatic N) is 2. The number of carbonyl (C=O) groups is 2. The van der Waals surface area contributed by atoms with Gasteiger partial charge in [0.2, 0.25) is 6.41 Å². The monoisotopic (exact) mass is 254 g/mol. The van der Waals surface area contributed by atoms with Crippen molar-refractivity contribution in [2.45, 2.75) is 50.6 Å². The topological polar surface area (TPSA) is 60.9 Å². The molecule has 1 aliphatic carbocycles. The Morgan fingerprint density at radius 1 is 1.44 bits per heavy atom. The molecule has 0 spiro atoms. The Labute approximate surface area is 108 Å². The molecule has 1 aliphatic heterocycles. The molecule has 1 atom stereocenters. The van der Waals surface area contributed by atoms with E-state index in [0.29, 0.717) is 12.8 Å². The Hall–Kier alpha value is -1.10. The Morgan fingerprint density at radius 3 is 2.67 bits per heavy atom. The van der Waals surface area contributed by atoms with E-state index in [4.69, 9.17) is 0 Å². The predicted octanol–water partition coefficient (Wildman–Crippen LogP) is 0.936. The molecule has 2 fully saturated rings. The number of hydrogen-bond acceptors (Lipinski definition) is 3. The van der Waals surface area contributed by atoms with Crippen LogP contribution < -0.4 is 0 Å². The Kier molecular flexibility index (Phi) is 3.90. The van der Waals surface area contributed by atoms with Gasteiger partial charge in [-0.2, -0.15) is 0 Å². The summed E-state index contributed by atoms with van der Waals surface area (Å²) >= 11 is 0. The number of carbonyl (C=O) groups excluding carboxylic acids is 1. The molecule has 1 heterocycles. The number of rotatable bonds is 5. The Morgan fingerprint density at radius 2 is 2.17 bits per heavy atom. The minimum Gasteiger partial charge on any atom is -0.479 e. The summed E-state index contributed by atoms with van der Waals surface area (Å²) in [7, 11) is 0. The molecular formula is C13H22N2O3. The van der Waals surface area contributed by atoms with Gasteiger partial charge in [-0.15, -0.1) is 0 Å². The van der Waals surface area contributed by atoms with Gasteiger partial charge in [-0.1, -0.05) is 6.92 Å². The van der Waals surface area contributed by atoms with Crippen molar-refractivity contribution < 1.29 is 14.7 Å². The average Bonchev–Trinajstić information content (AvgIpc) is 3.16. The summed E-state index contributed by atoms with van der Waals surface area (Å²) in [6, 6.07) is 0.159. The van der Waals surface area contributed by atoms with E-state index >= 15 is 0 Å². The smallest absolute Gasteiger partial charge is 0.329 e. The molecule has 2 rings (SSSR count). The van der Waals surface area contributed by atoms with E-state index in [-0.39, 0.29) is 6.04 Å². The number of amides is 1. The van der Waals surface area contributed by atoms with Crippen molar-refractivity contribution in [2.24, 2.45) is 0 Å². The van der Waals surface area contributed by atoms with Gasteiger partial charge in [0.15, 0.2) is 0 Å². The highest BCUT2D eigenvalue weighted by atomic mass is 16.4. The third-order valence-corrected chi connectivity index (χ3v) is 4.30. The number of hydrogen-bond donors (Lipinski definition) is 1. The van der Waals surface area contributed by atoms with Crippen molar-refractivity contribution in [1.82, 2.24) is 9.80 Å². The van der Waals surface area contributed by atoms with E-state index in [2.05, 4.69) is 11.8 Å². The Bertz CT molecular complexity index is 330. The lowest BCUT2D eigenvalue weighted by Crippen LogP contribution is -2.55. The van der Waals surface area contributed by atoms with E-state index in [0.717, 1.165) is 45.3 Å². The summed E-state index contributed by atoms with van der Waals surface area (Å²) in [6.45, 7) is 4.73. The van der Waals surface area contributed by atoms with Crippen molar-refractivity contribution in [3.8, 4) is 0 Å². The number of carboxylic acid groups (broad SMARTS) is 1. The molecule has 2 aliphatic rings. The maximum atomic E-state index is 11.7. The normalized spacial score (nSPS) is 29.6. The van der Waals surface area contributed by atoms with Crippen molar-refractivity contribution in [3.63, 3.8) is 0 Å². The molecule has 1 amide bonds. The molecule has 18 heavy (non-hydrogen) atoms. The molecule has 1 saturated carbocycles. The highest BCUT2D eigenvalue weighted by molar-refractivity contribution is 5.82. The first-order valence-corrected chi connectivity index (χ1v) is 6.83. The molecule has 0 aromatic carbocycles. The standard InChI is InChI=1S/C13H22N2O3/c1-2-14-8-3-6-13(7-9-14,12(17)18)15(10-16)11-4-5-11/h10-11H,2-9H2,1H3,(H,17,18). The summed E-state index contributed by atoms with van der Waals surface area (Å²) in [5.74, 6) is -0.834. The van der Waals surface area contributed by atoms with Gasteiger partial charge in [0, 0.05) is 12.6 Å². The summed E-state index contributed by atoms with van der Waals surface area (Å²) in [4.78, 5) is 26.9. The summed E-state index contributed by atoms with van der Waals surface area (Å²) < 4.78 is 0. The molecule has 5 nitrogen and oxygen atoms in total. The zero-order valence-electron chi connectivity index (χ0n) is 11.0. The van der Waals surface area contributed by atoms with Gasteiger partial charge < -0.3 is 14.9 Å². The second kappa shape index (κ2) is 5.26. The van der Waals surface area contributed by atoms with Crippen LogP contribution in [-0.4, -0.2) is 58.5 Å². The van der Waals surface area contributed by atoms with Crippen LogP contribution in [0.4, 0.5) is 0 Å². The predicted molar refractivity (Wildman–Crippen MR) is 67.3 cm³/mol. The van der Waals surface area contributed by atoms with Gasteiger partial charge >= 0.3 is 5.97 Å². The lowest BCUT2D eigenvalue weighted by molar-refractivity contribution is -0.157. The molecule has 5 heteroatoms. The van der Waals surface area contributed by atoms with Crippen molar-refractivity contribution >= 4 is 12.4 Å². The second-order valence-electron chi connectivity index (χ2n) is 5.37. The molecule has 1 unspecified atom stereocenters. The van der Waals surface area contributed by atoms with Crippen LogP contribution in [0.2, 0.25) is 0 Å². The van der Waals surface area contributed by atoms with Gasteiger partial charge in [0.1, 0.15) is 5.54 Å². The van der Waals surface area contributed by atoms with Crippen LogP contribution >= 0.6 is 0 Å². The minimum atomic E-state index is -0.965. The van der Waals surface area contributed by atoms with Gasteiger partial charge in [0.25, 0.3) is 0 Å². The minimum absolute atomic E-state index is 0.159. The van der Waals surface area contributed by atoms with Crippen LogP contribution in [0.25, 0.3) is 0 Å². The zero-order valence-corrected chi connectivity index (χ0v) is 11.0. The average molecular weight is 254 g/mol. The van der Waals surface area contributed by atoms with Gasteiger partial charge in [-0.25, -0.2) is 4.79 Å². The highest BCUT2D eigenvalue weighted by Crippen LogP contribution is 2.37. The fourth-order valence-electron chi connectivity index (χ4n) is 2.96. The number of carboxylic acids is 1. The van der Waals surface area contributed by atoms with Crippen LogP contribution in [0.5, 0.6) is 0 Å². The van der Waals surface area contributed by atoms with Gasteiger partial charge in [-0.05, 0) is 45.2 Å². The van der Waals surface area contributed by atoms with Crippen LogP contribution in [0, 0.1) is 0 Å². The summed E-state index contributed by atoms with van der Waals surface area (Å²) in [6.07, 6.45) is 4.63. The number of aliphatic carboxylic acids is 1. The van der Waals surface area contributed by atoms with Crippen LogP contribution in [0.3, 0.4) is 0 Å². The largest absolute Gasteiger partial charge is 0.479 e. The van der Waals surface area contributed by atoms with Crippen molar-refractivity contribution in [3.05, 3.63) is 0 Å². The van der Waals surface area contributed by atoms with Gasteiger partial charge in [0.05, 0.1) is 0 Å². The quantitative estimate of drug-likeness (QED) is 0.742. The first-order valence-electron chi connectivity index (χ1n) is 6.83. The zero-order chi connectivity index (χ0) is 13.2. The molecule has 1 saturated heterocycles. The third-order valence-electron chi connectivity index (χ3n) is 4.30.